The summed E-state index contributed by atoms with van der Waals surface area (Å²) in [7, 11) is 1.95. The summed E-state index contributed by atoms with van der Waals surface area (Å²) in [5.74, 6) is 1.17. The molecular weight excluding hydrogens is 305 g/mol. The summed E-state index contributed by atoms with van der Waals surface area (Å²) in [4.78, 5) is 11.0. The standard InChI is InChI=1S/C18H20FN5/c1-12-9-13(2)24(22-12)18-11-20-10-17(21-18)23(4)14(3)15-5-7-16(19)8-6-15/h5-11,14H,1-4H3. The van der Waals surface area contributed by atoms with E-state index >= 15 is 0 Å². The van der Waals surface area contributed by atoms with E-state index in [2.05, 4.69) is 15.1 Å². The third-order valence-electron chi connectivity index (χ3n) is 4.13. The largest absolute Gasteiger partial charge is 0.352 e. The van der Waals surface area contributed by atoms with Crippen LogP contribution in [0.3, 0.4) is 0 Å². The molecule has 0 saturated carbocycles. The van der Waals surface area contributed by atoms with Gasteiger partial charge in [0.05, 0.1) is 24.1 Å². The zero-order valence-corrected chi connectivity index (χ0v) is 14.2. The van der Waals surface area contributed by atoms with Gasteiger partial charge in [-0.2, -0.15) is 5.10 Å². The fraction of sp³-hybridized carbons (Fsp3) is 0.278. The molecule has 6 heteroatoms. The Morgan fingerprint density at radius 1 is 1.12 bits per heavy atom. The Hall–Kier alpha value is -2.76. The molecule has 0 fully saturated rings. The van der Waals surface area contributed by atoms with Crippen LogP contribution in [-0.2, 0) is 0 Å². The normalized spacial score (nSPS) is 12.2. The maximum atomic E-state index is 13.1. The summed E-state index contributed by atoms with van der Waals surface area (Å²) in [6.07, 6.45) is 3.41. The van der Waals surface area contributed by atoms with Gasteiger partial charge in [-0.05, 0) is 44.5 Å². The minimum atomic E-state index is -0.236. The number of hydrogen-bond acceptors (Lipinski definition) is 4. The van der Waals surface area contributed by atoms with Crippen molar-refractivity contribution in [3.05, 3.63) is 65.5 Å². The van der Waals surface area contributed by atoms with Crippen LogP contribution in [0.1, 0.15) is 29.9 Å². The van der Waals surface area contributed by atoms with Crippen molar-refractivity contribution in [3.63, 3.8) is 0 Å². The molecule has 0 radical (unpaired) electrons. The van der Waals surface area contributed by atoms with Crippen LogP contribution in [0.2, 0.25) is 0 Å². The van der Waals surface area contributed by atoms with Crippen LogP contribution in [-0.4, -0.2) is 26.8 Å². The van der Waals surface area contributed by atoms with Gasteiger partial charge >= 0.3 is 0 Å². The van der Waals surface area contributed by atoms with Crippen LogP contribution in [0.4, 0.5) is 10.2 Å². The molecule has 1 unspecified atom stereocenters. The van der Waals surface area contributed by atoms with E-state index in [1.807, 2.05) is 38.8 Å². The number of hydrogen-bond donors (Lipinski definition) is 0. The zero-order chi connectivity index (χ0) is 17.3. The number of aromatic nitrogens is 4. The van der Waals surface area contributed by atoms with Crippen molar-refractivity contribution >= 4 is 5.82 Å². The molecule has 24 heavy (non-hydrogen) atoms. The molecule has 5 nitrogen and oxygen atoms in total. The number of aryl methyl sites for hydroxylation is 2. The first-order chi connectivity index (χ1) is 11.5. The van der Waals surface area contributed by atoms with Gasteiger partial charge in [-0.1, -0.05) is 12.1 Å². The second-order valence-corrected chi connectivity index (χ2v) is 5.91. The fourth-order valence-electron chi connectivity index (χ4n) is 2.64. The summed E-state index contributed by atoms with van der Waals surface area (Å²) in [5.41, 5.74) is 2.96. The van der Waals surface area contributed by atoms with E-state index in [4.69, 9.17) is 0 Å². The number of benzene rings is 1. The van der Waals surface area contributed by atoms with Gasteiger partial charge in [-0.25, -0.2) is 14.1 Å². The highest BCUT2D eigenvalue weighted by Crippen LogP contribution is 2.24. The predicted molar refractivity (Wildman–Crippen MR) is 91.8 cm³/mol. The molecule has 0 spiro atoms. The number of halogens is 1. The van der Waals surface area contributed by atoms with E-state index in [1.165, 1.54) is 12.1 Å². The molecule has 0 saturated heterocycles. The predicted octanol–water partition coefficient (Wildman–Crippen LogP) is 3.62. The Morgan fingerprint density at radius 2 is 1.83 bits per heavy atom. The minimum absolute atomic E-state index is 0.0376. The summed E-state index contributed by atoms with van der Waals surface area (Å²) in [6.45, 7) is 5.98. The molecule has 0 amide bonds. The monoisotopic (exact) mass is 325 g/mol. The Kier molecular flexibility index (Phi) is 4.29. The Labute approximate surface area is 140 Å². The van der Waals surface area contributed by atoms with Gasteiger partial charge in [0.15, 0.2) is 5.82 Å². The molecule has 2 heterocycles. The molecule has 0 aliphatic carbocycles. The topological polar surface area (TPSA) is 46.8 Å². The van der Waals surface area contributed by atoms with Crippen LogP contribution >= 0.6 is 0 Å². The quantitative estimate of drug-likeness (QED) is 0.735. The van der Waals surface area contributed by atoms with Crippen LogP contribution in [0, 0.1) is 19.7 Å². The SMILES string of the molecule is Cc1cc(C)n(-c2cncc(N(C)C(C)c3ccc(F)cc3)n2)n1. The lowest BCUT2D eigenvalue weighted by Crippen LogP contribution is -2.23. The van der Waals surface area contributed by atoms with Crippen LogP contribution in [0.5, 0.6) is 0 Å². The second-order valence-electron chi connectivity index (χ2n) is 5.91. The highest BCUT2D eigenvalue weighted by molar-refractivity contribution is 5.42. The van der Waals surface area contributed by atoms with Gasteiger partial charge in [-0.3, -0.25) is 4.98 Å². The van der Waals surface area contributed by atoms with E-state index in [0.717, 1.165) is 22.8 Å². The van der Waals surface area contributed by atoms with Crippen LogP contribution in [0.15, 0.2) is 42.7 Å². The Balaban J connectivity index is 1.90. The van der Waals surface area contributed by atoms with Gasteiger partial charge in [0.2, 0.25) is 0 Å². The first-order valence-electron chi connectivity index (χ1n) is 7.79. The van der Waals surface area contributed by atoms with Gasteiger partial charge < -0.3 is 4.90 Å². The van der Waals surface area contributed by atoms with Crippen molar-refractivity contribution in [1.82, 2.24) is 19.7 Å². The van der Waals surface area contributed by atoms with E-state index in [-0.39, 0.29) is 11.9 Å². The average Bonchev–Trinajstić information content (AvgIpc) is 2.93. The lowest BCUT2D eigenvalue weighted by atomic mass is 10.1. The van der Waals surface area contributed by atoms with Gasteiger partial charge in [-0.15, -0.1) is 0 Å². The lowest BCUT2D eigenvalue weighted by molar-refractivity contribution is 0.624. The molecule has 0 aliphatic rings. The highest BCUT2D eigenvalue weighted by atomic mass is 19.1. The maximum Gasteiger partial charge on any atom is 0.174 e. The van der Waals surface area contributed by atoms with Crippen molar-refractivity contribution < 1.29 is 4.39 Å². The Bertz CT molecular complexity index is 841. The van der Waals surface area contributed by atoms with E-state index in [9.17, 15) is 4.39 Å². The van der Waals surface area contributed by atoms with Gasteiger partial charge in [0.25, 0.3) is 0 Å². The number of anilines is 1. The first-order valence-corrected chi connectivity index (χ1v) is 7.79. The molecule has 0 N–H and O–H groups in total. The van der Waals surface area contributed by atoms with E-state index in [0.29, 0.717) is 5.82 Å². The van der Waals surface area contributed by atoms with Crippen molar-refractivity contribution in [1.29, 1.82) is 0 Å². The van der Waals surface area contributed by atoms with Gasteiger partial charge in [0.1, 0.15) is 11.6 Å². The van der Waals surface area contributed by atoms with E-state index < -0.39 is 0 Å². The molecule has 3 aromatic rings. The van der Waals surface area contributed by atoms with Crippen molar-refractivity contribution in [2.45, 2.75) is 26.8 Å². The maximum absolute atomic E-state index is 13.1. The average molecular weight is 325 g/mol. The molecule has 0 bridgehead atoms. The molecule has 3 rings (SSSR count). The smallest absolute Gasteiger partial charge is 0.174 e. The Morgan fingerprint density at radius 3 is 2.46 bits per heavy atom. The fourth-order valence-corrected chi connectivity index (χ4v) is 2.64. The summed E-state index contributed by atoms with van der Waals surface area (Å²) >= 11 is 0. The molecule has 1 atom stereocenters. The number of nitrogens with zero attached hydrogens (tertiary/aromatic N) is 5. The second kappa shape index (κ2) is 6.39. The number of rotatable bonds is 4. The van der Waals surface area contributed by atoms with Crippen LogP contribution in [0.25, 0.3) is 5.82 Å². The summed E-state index contributed by atoms with van der Waals surface area (Å²) in [6, 6.07) is 8.55. The lowest BCUT2D eigenvalue weighted by Gasteiger charge is -2.26. The minimum Gasteiger partial charge on any atom is -0.352 e. The van der Waals surface area contributed by atoms with Crippen molar-refractivity contribution in [2.75, 3.05) is 11.9 Å². The molecule has 124 valence electrons. The van der Waals surface area contributed by atoms with Crippen molar-refractivity contribution in [3.8, 4) is 5.82 Å². The third-order valence-corrected chi connectivity index (χ3v) is 4.13. The van der Waals surface area contributed by atoms with Gasteiger partial charge in [0, 0.05) is 12.7 Å². The van der Waals surface area contributed by atoms with E-state index in [1.54, 1.807) is 29.2 Å². The molecule has 1 aromatic carbocycles. The first kappa shape index (κ1) is 16.1. The van der Waals surface area contributed by atoms with Crippen LogP contribution < -0.4 is 4.90 Å². The summed E-state index contributed by atoms with van der Waals surface area (Å²) < 4.78 is 14.9. The molecule has 2 aromatic heterocycles. The molecular formula is C18H20FN5. The summed E-state index contributed by atoms with van der Waals surface area (Å²) in [5, 5.41) is 4.45. The highest BCUT2D eigenvalue weighted by Gasteiger charge is 2.15. The third kappa shape index (κ3) is 3.13. The molecule has 0 aliphatic heterocycles. The van der Waals surface area contributed by atoms with Crippen molar-refractivity contribution in [2.24, 2.45) is 0 Å². The zero-order valence-electron chi connectivity index (χ0n) is 14.2.